The van der Waals surface area contributed by atoms with Gasteiger partial charge < -0.3 is 4.74 Å². The number of nitrogens with two attached hydrogens (primary N) is 1. The molecule has 1 saturated carbocycles. The van der Waals surface area contributed by atoms with Gasteiger partial charge in [-0.25, -0.2) is 5.84 Å². The second kappa shape index (κ2) is 6.21. The molecule has 3 atom stereocenters. The van der Waals surface area contributed by atoms with E-state index in [4.69, 9.17) is 10.6 Å². The van der Waals surface area contributed by atoms with Gasteiger partial charge in [0.05, 0.1) is 6.10 Å². The Balaban J connectivity index is 2.50. The quantitative estimate of drug-likeness (QED) is 0.436. The molecule has 0 spiro atoms. The van der Waals surface area contributed by atoms with Crippen molar-refractivity contribution in [2.45, 2.75) is 58.7 Å². The minimum absolute atomic E-state index is 0.154. The van der Waals surface area contributed by atoms with Crippen LogP contribution in [0.25, 0.3) is 0 Å². The summed E-state index contributed by atoms with van der Waals surface area (Å²) in [5.41, 5.74) is 2.18. The first-order valence-corrected chi connectivity index (χ1v) is 6.20. The lowest BCUT2D eigenvalue weighted by Gasteiger charge is -2.31. The highest BCUT2D eigenvalue weighted by molar-refractivity contribution is 5.80. The number of carbonyl (C=O) groups is 1. The molecule has 1 aliphatic carbocycles. The third kappa shape index (κ3) is 3.76. The summed E-state index contributed by atoms with van der Waals surface area (Å²) in [5, 5.41) is 0. The van der Waals surface area contributed by atoms with Crippen LogP contribution >= 0.6 is 0 Å². The summed E-state index contributed by atoms with van der Waals surface area (Å²) in [6.07, 6.45) is 4.39. The first-order chi connectivity index (χ1) is 7.54. The van der Waals surface area contributed by atoms with Crippen LogP contribution in [0.15, 0.2) is 0 Å². The van der Waals surface area contributed by atoms with Gasteiger partial charge in [-0.3, -0.25) is 10.2 Å². The van der Waals surface area contributed by atoms with Crippen molar-refractivity contribution in [1.82, 2.24) is 5.43 Å². The van der Waals surface area contributed by atoms with E-state index in [9.17, 15) is 4.79 Å². The number of ether oxygens (including phenoxy) is 1. The number of nitrogens with one attached hydrogen (secondary N) is 1. The summed E-state index contributed by atoms with van der Waals surface area (Å²) in [5.74, 6) is 5.80. The summed E-state index contributed by atoms with van der Waals surface area (Å²) in [7, 11) is 0. The van der Waals surface area contributed by atoms with Crippen LogP contribution in [0.3, 0.4) is 0 Å². The van der Waals surface area contributed by atoms with Crippen LogP contribution < -0.4 is 11.3 Å². The number of amides is 1. The lowest BCUT2D eigenvalue weighted by Crippen LogP contribution is -2.45. The number of rotatable bonds is 4. The van der Waals surface area contributed by atoms with Crippen LogP contribution in [-0.2, 0) is 9.53 Å². The topological polar surface area (TPSA) is 64.3 Å². The van der Waals surface area contributed by atoms with Crippen LogP contribution in [0.2, 0.25) is 0 Å². The van der Waals surface area contributed by atoms with Gasteiger partial charge in [-0.2, -0.15) is 0 Å². The predicted molar refractivity (Wildman–Crippen MR) is 63.5 cm³/mol. The molecule has 1 fully saturated rings. The highest BCUT2D eigenvalue weighted by Gasteiger charge is 2.28. The second-order valence-electron chi connectivity index (χ2n) is 5.20. The molecule has 1 aliphatic rings. The van der Waals surface area contributed by atoms with Crippen molar-refractivity contribution >= 4 is 5.91 Å². The molecule has 0 saturated heterocycles. The standard InChI is InChI=1S/C12H24N2O2/c1-8(2)11(12(15)14-13)16-10-6-4-5-9(3)7-10/h8-11H,4-7,13H2,1-3H3,(H,14,15). The Morgan fingerprint density at radius 3 is 2.62 bits per heavy atom. The summed E-state index contributed by atoms with van der Waals surface area (Å²) in [6.45, 7) is 6.20. The zero-order valence-corrected chi connectivity index (χ0v) is 10.5. The normalized spacial score (nSPS) is 27.8. The molecule has 94 valence electrons. The maximum atomic E-state index is 11.5. The number of hydrogen-bond donors (Lipinski definition) is 2. The molecular weight excluding hydrogens is 204 g/mol. The van der Waals surface area contributed by atoms with E-state index in [2.05, 4.69) is 12.3 Å². The van der Waals surface area contributed by atoms with Crippen LogP contribution in [0.5, 0.6) is 0 Å². The zero-order chi connectivity index (χ0) is 12.1. The first-order valence-electron chi connectivity index (χ1n) is 6.20. The number of carbonyl (C=O) groups excluding carboxylic acids is 1. The molecule has 0 aliphatic heterocycles. The Labute approximate surface area is 97.9 Å². The molecule has 4 nitrogen and oxygen atoms in total. The Hall–Kier alpha value is -0.610. The van der Waals surface area contributed by atoms with Crippen molar-refractivity contribution < 1.29 is 9.53 Å². The molecule has 0 aromatic heterocycles. The molecule has 3 N–H and O–H groups in total. The van der Waals surface area contributed by atoms with Crippen LogP contribution in [0, 0.1) is 11.8 Å². The SMILES string of the molecule is CC1CCCC(OC(C(=O)NN)C(C)C)C1. The Bertz CT molecular complexity index is 231. The monoisotopic (exact) mass is 228 g/mol. The smallest absolute Gasteiger partial charge is 0.263 e. The molecular formula is C12H24N2O2. The highest BCUT2D eigenvalue weighted by atomic mass is 16.5. The highest BCUT2D eigenvalue weighted by Crippen LogP contribution is 2.27. The molecule has 0 aromatic carbocycles. The lowest BCUT2D eigenvalue weighted by molar-refractivity contribution is -0.142. The van der Waals surface area contributed by atoms with Gasteiger partial charge in [0.25, 0.3) is 5.91 Å². The molecule has 0 heterocycles. The van der Waals surface area contributed by atoms with E-state index in [-0.39, 0.29) is 17.9 Å². The predicted octanol–water partition coefficient (Wildman–Crippen LogP) is 1.60. The molecule has 0 radical (unpaired) electrons. The molecule has 16 heavy (non-hydrogen) atoms. The van der Waals surface area contributed by atoms with Crippen LogP contribution in [-0.4, -0.2) is 18.1 Å². The van der Waals surface area contributed by atoms with Gasteiger partial charge in [-0.15, -0.1) is 0 Å². The molecule has 3 unspecified atom stereocenters. The van der Waals surface area contributed by atoms with Crippen molar-refractivity contribution in [2.24, 2.45) is 17.7 Å². The maximum absolute atomic E-state index is 11.5. The first kappa shape index (κ1) is 13.5. The van der Waals surface area contributed by atoms with E-state index in [1.165, 1.54) is 12.8 Å². The molecule has 0 bridgehead atoms. The van der Waals surface area contributed by atoms with Gasteiger partial charge in [0.2, 0.25) is 0 Å². The summed E-state index contributed by atoms with van der Waals surface area (Å²) < 4.78 is 5.88. The maximum Gasteiger partial charge on any atom is 0.263 e. The van der Waals surface area contributed by atoms with E-state index in [0.29, 0.717) is 5.92 Å². The fourth-order valence-corrected chi connectivity index (χ4v) is 2.31. The van der Waals surface area contributed by atoms with Crippen LogP contribution in [0.1, 0.15) is 46.5 Å². The molecule has 1 amide bonds. The third-order valence-electron chi connectivity index (χ3n) is 3.23. The largest absolute Gasteiger partial charge is 0.365 e. The Kier molecular flexibility index (Phi) is 5.22. The number of hydrazine groups is 1. The van der Waals surface area contributed by atoms with Crippen LogP contribution in [0.4, 0.5) is 0 Å². The van der Waals surface area contributed by atoms with Gasteiger partial charge in [0.1, 0.15) is 6.10 Å². The van der Waals surface area contributed by atoms with Crippen molar-refractivity contribution in [3.05, 3.63) is 0 Å². The van der Waals surface area contributed by atoms with Gasteiger partial charge in [-0.05, 0) is 24.7 Å². The number of hydrogen-bond acceptors (Lipinski definition) is 3. The fraction of sp³-hybridized carbons (Fsp3) is 0.917. The van der Waals surface area contributed by atoms with Gasteiger partial charge in [-0.1, -0.05) is 33.6 Å². The molecule has 0 aromatic rings. The zero-order valence-electron chi connectivity index (χ0n) is 10.5. The Morgan fingerprint density at radius 1 is 1.44 bits per heavy atom. The minimum Gasteiger partial charge on any atom is -0.365 e. The molecule has 1 rings (SSSR count). The summed E-state index contributed by atoms with van der Waals surface area (Å²) in [4.78, 5) is 11.5. The van der Waals surface area contributed by atoms with Gasteiger partial charge in [0, 0.05) is 0 Å². The summed E-state index contributed by atoms with van der Waals surface area (Å²) in [6, 6.07) is 0. The second-order valence-corrected chi connectivity index (χ2v) is 5.20. The van der Waals surface area contributed by atoms with E-state index in [1.807, 2.05) is 13.8 Å². The molecule has 4 heteroatoms. The third-order valence-corrected chi connectivity index (χ3v) is 3.23. The average molecular weight is 228 g/mol. The Morgan fingerprint density at radius 2 is 2.12 bits per heavy atom. The van der Waals surface area contributed by atoms with Crippen molar-refractivity contribution in [2.75, 3.05) is 0 Å². The van der Waals surface area contributed by atoms with Crippen molar-refractivity contribution in [3.8, 4) is 0 Å². The van der Waals surface area contributed by atoms with Gasteiger partial charge in [0.15, 0.2) is 0 Å². The van der Waals surface area contributed by atoms with E-state index in [1.54, 1.807) is 0 Å². The van der Waals surface area contributed by atoms with Crippen molar-refractivity contribution in [3.63, 3.8) is 0 Å². The summed E-state index contributed by atoms with van der Waals surface area (Å²) >= 11 is 0. The van der Waals surface area contributed by atoms with E-state index < -0.39 is 6.10 Å². The van der Waals surface area contributed by atoms with Gasteiger partial charge >= 0.3 is 0 Å². The van der Waals surface area contributed by atoms with E-state index >= 15 is 0 Å². The fourth-order valence-electron chi connectivity index (χ4n) is 2.31. The van der Waals surface area contributed by atoms with E-state index in [0.717, 1.165) is 12.8 Å². The lowest BCUT2D eigenvalue weighted by atomic mass is 9.88. The average Bonchev–Trinajstić information content (AvgIpc) is 2.24. The minimum atomic E-state index is -0.416. The van der Waals surface area contributed by atoms with Crippen molar-refractivity contribution in [1.29, 1.82) is 0 Å².